The van der Waals surface area contributed by atoms with E-state index in [0.29, 0.717) is 17.7 Å². The van der Waals surface area contributed by atoms with Crippen molar-refractivity contribution in [3.63, 3.8) is 0 Å². The Kier molecular flexibility index (Phi) is 4.03. The number of benzene rings is 1. The van der Waals surface area contributed by atoms with Gasteiger partial charge in [-0.25, -0.2) is 0 Å². The van der Waals surface area contributed by atoms with E-state index in [9.17, 15) is 10.2 Å². The molecule has 4 aliphatic rings. The van der Waals surface area contributed by atoms with Gasteiger partial charge in [-0.2, -0.15) is 0 Å². The van der Waals surface area contributed by atoms with Gasteiger partial charge in [-0.15, -0.1) is 0 Å². The highest BCUT2D eigenvalue weighted by Crippen LogP contribution is 2.62. The van der Waals surface area contributed by atoms with Crippen LogP contribution in [0.1, 0.15) is 17.5 Å². The average molecular weight is 347 g/mol. The second kappa shape index (κ2) is 5.99. The molecular weight excluding hydrogens is 322 g/mol. The lowest BCUT2D eigenvalue weighted by atomic mass is 9.53. The molecule has 5 atom stereocenters. The van der Waals surface area contributed by atoms with Crippen LogP contribution in [0.2, 0.25) is 0 Å². The van der Waals surface area contributed by atoms with E-state index in [0.717, 1.165) is 19.4 Å². The lowest BCUT2D eigenvalue weighted by Crippen LogP contribution is -2.64. The van der Waals surface area contributed by atoms with Crippen LogP contribution in [0.4, 0.5) is 0 Å². The van der Waals surface area contributed by atoms with Crippen LogP contribution < -0.4 is 4.74 Å². The maximum absolute atomic E-state index is 10.4. The predicted molar refractivity (Wildman–Crippen MR) is 91.7 cm³/mol. The van der Waals surface area contributed by atoms with Gasteiger partial charge in [0.05, 0.1) is 13.2 Å². The molecule has 2 aliphatic heterocycles. The van der Waals surface area contributed by atoms with E-state index >= 15 is 0 Å². The van der Waals surface area contributed by atoms with Gasteiger partial charge in [0, 0.05) is 22.9 Å². The third-order valence-corrected chi connectivity index (χ3v) is 6.25. The molecule has 1 aromatic rings. The van der Waals surface area contributed by atoms with Gasteiger partial charge in [0.25, 0.3) is 0 Å². The Labute approximate surface area is 147 Å². The Bertz CT molecular complexity index is 703. The zero-order valence-electron chi connectivity index (χ0n) is 14.3. The number of rotatable bonds is 1. The number of hydrogen-bond donors (Lipinski definition) is 4. The van der Waals surface area contributed by atoms with E-state index in [-0.39, 0.29) is 30.5 Å². The van der Waals surface area contributed by atoms with Gasteiger partial charge in [0.1, 0.15) is 12.2 Å². The standard InChI is InChI=1S/C17H19NO3.C2H6O2/c1-18-7-6-17-10-3-5-13(20)16(17)21-15-12(19)4-2-9(14(15)17)8-11(10)18;3-1-2-4/h2-5,10-11,13,16,19-20H,6-8H2,1H3;3-4H,1-2H2/t10-,11+,13-,16-,17-;/m0./s1. The van der Waals surface area contributed by atoms with Crippen LogP contribution in [0, 0.1) is 5.92 Å². The molecule has 1 saturated heterocycles. The molecule has 0 unspecified atom stereocenters. The van der Waals surface area contributed by atoms with Gasteiger partial charge >= 0.3 is 0 Å². The molecule has 0 radical (unpaired) electrons. The Morgan fingerprint density at radius 3 is 2.72 bits per heavy atom. The topological polar surface area (TPSA) is 93.4 Å². The summed E-state index contributed by atoms with van der Waals surface area (Å²) in [5.74, 6) is 1.19. The van der Waals surface area contributed by atoms with Gasteiger partial charge in [-0.05, 0) is 38.1 Å². The van der Waals surface area contributed by atoms with Crippen molar-refractivity contribution in [3.8, 4) is 11.5 Å². The number of aliphatic hydroxyl groups is 3. The Morgan fingerprint density at radius 1 is 1.24 bits per heavy atom. The quantitative estimate of drug-likeness (QED) is 0.541. The molecule has 25 heavy (non-hydrogen) atoms. The highest BCUT2D eigenvalue weighted by atomic mass is 16.5. The molecule has 0 amide bonds. The number of hydrogen-bond acceptors (Lipinski definition) is 6. The number of piperidine rings is 1. The van der Waals surface area contributed by atoms with Crippen LogP contribution in [-0.2, 0) is 11.8 Å². The van der Waals surface area contributed by atoms with Crippen LogP contribution in [-0.4, -0.2) is 70.4 Å². The zero-order chi connectivity index (χ0) is 17.8. The summed E-state index contributed by atoms with van der Waals surface area (Å²) in [5, 5.41) is 35.9. The molecule has 0 aromatic heterocycles. The summed E-state index contributed by atoms with van der Waals surface area (Å²) in [6.45, 7) is 0.760. The van der Waals surface area contributed by atoms with Gasteiger partial charge in [-0.1, -0.05) is 18.2 Å². The Hall–Kier alpha value is -1.60. The van der Waals surface area contributed by atoms with Crippen molar-refractivity contribution in [3.05, 3.63) is 35.4 Å². The number of aromatic hydroxyl groups is 1. The molecule has 1 aromatic carbocycles. The number of likely N-dealkylation sites (tertiary alicyclic amines) is 1. The lowest BCUT2D eigenvalue weighted by molar-refractivity contribution is -0.0453. The minimum atomic E-state index is -0.594. The van der Waals surface area contributed by atoms with Gasteiger partial charge < -0.3 is 30.1 Å². The van der Waals surface area contributed by atoms with Crippen molar-refractivity contribution in [2.75, 3.05) is 26.8 Å². The van der Waals surface area contributed by atoms with E-state index in [1.807, 2.05) is 12.1 Å². The maximum atomic E-state index is 10.4. The van der Waals surface area contributed by atoms with E-state index in [1.54, 1.807) is 6.07 Å². The Morgan fingerprint density at radius 2 is 2.00 bits per heavy atom. The largest absolute Gasteiger partial charge is 0.504 e. The number of aliphatic hydroxyl groups excluding tert-OH is 3. The van der Waals surface area contributed by atoms with Crippen LogP contribution in [0.25, 0.3) is 0 Å². The zero-order valence-corrected chi connectivity index (χ0v) is 14.3. The number of nitrogens with zero attached hydrogens (tertiary/aromatic N) is 1. The molecule has 2 heterocycles. The van der Waals surface area contributed by atoms with E-state index in [1.165, 1.54) is 11.1 Å². The maximum Gasteiger partial charge on any atom is 0.165 e. The second-order valence-corrected chi connectivity index (χ2v) is 7.38. The minimum absolute atomic E-state index is 0.125. The molecule has 2 bridgehead atoms. The van der Waals surface area contributed by atoms with Crippen LogP contribution >= 0.6 is 0 Å². The fourth-order valence-electron chi connectivity index (χ4n) is 5.24. The number of phenolic OH excluding ortho intramolecular Hbond substituents is 1. The summed E-state index contributed by atoms with van der Waals surface area (Å²) in [6, 6.07) is 4.23. The minimum Gasteiger partial charge on any atom is -0.504 e. The van der Waals surface area contributed by atoms with E-state index < -0.39 is 6.10 Å². The van der Waals surface area contributed by atoms with Crippen molar-refractivity contribution in [2.45, 2.75) is 36.5 Å². The molecule has 136 valence electrons. The van der Waals surface area contributed by atoms with Gasteiger partial charge in [0.15, 0.2) is 11.5 Å². The summed E-state index contributed by atoms with van der Waals surface area (Å²) in [4.78, 5) is 2.43. The number of likely N-dealkylation sites (N-methyl/N-ethyl adjacent to an activating group) is 1. The molecule has 5 rings (SSSR count). The summed E-state index contributed by atoms with van der Waals surface area (Å²) in [7, 11) is 2.19. The second-order valence-electron chi connectivity index (χ2n) is 7.38. The normalized spacial score (nSPS) is 37.0. The molecular formula is C19H25NO5. The third kappa shape index (κ3) is 2.18. The summed E-state index contributed by atoms with van der Waals surface area (Å²) >= 11 is 0. The average Bonchev–Trinajstić information content (AvgIpc) is 2.98. The highest BCUT2D eigenvalue weighted by molar-refractivity contribution is 5.61. The Balaban J connectivity index is 0.000000358. The first-order valence-corrected chi connectivity index (χ1v) is 8.85. The lowest BCUT2D eigenvalue weighted by Gasteiger charge is -2.56. The van der Waals surface area contributed by atoms with Crippen LogP contribution in [0.5, 0.6) is 11.5 Å². The molecule has 6 heteroatoms. The summed E-state index contributed by atoms with van der Waals surface area (Å²) in [5.41, 5.74) is 2.29. The van der Waals surface area contributed by atoms with E-state index in [2.05, 4.69) is 18.0 Å². The van der Waals surface area contributed by atoms with Crippen molar-refractivity contribution >= 4 is 0 Å². The first-order chi connectivity index (χ1) is 12.0. The van der Waals surface area contributed by atoms with Crippen molar-refractivity contribution in [1.82, 2.24) is 4.90 Å². The number of phenols is 1. The fourth-order valence-corrected chi connectivity index (χ4v) is 5.24. The molecule has 1 fully saturated rings. The highest BCUT2D eigenvalue weighted by Gasteiger charge is 2.64. The SMILES string of the molecule is CN1CC[C@]23c4c5ccc(O)c4O[C@H]2[C@@H](O)C=C[C@H]3[C@H]1C5.OCCO. The number of ether oxygens (including phenoxy) is 1. The van der Waals surface area contributed by atoms with Gasteiger partial charge in [-0.3, -0.25) is 0 Å². The first kappa shape index (κ1) is 16.8. The van der Waals surface area contributed by atoms with Crippen LogP contribution in [0.3, 0.4) is 0 Å². The monoisotopic (exact) mass is 347 g/mol. The predicted octanol–water partition coefficient (Wildman–Crippen LogP) is 0.169. The third-order valence-electron chi connectivity index (χ3n) is 6.25. The molecule has 4 N–H and O–H groups in total. The molecule has 6 nitrogen and oxygen atoms in total. The van der Waals surface area contributed by atoms with Gasteiger partial charge in [0.2, 0.25) is 0 Å². The van der Waals surface area contributed by atoms with Crippen molar-refractivity contribution < 1.29 is 25.2 Å². The van der Waals surface area contributed by atoms with Crippen molar-refractivity contribution in [1.29, 1.82) is 0 Å². The molecule has 0 saturated carbocycles. The summed E-state index contributed by atoms with van der Waals surface area (Å²) < 4.78 is 6.09. The first-order valence-electron chi connectivity index (χ1n) is 8.85. The van der Waals surface area contributed by atoms with Crippen LogP contribution in [0.15, 0.2) is 24.3 Å². The van der Waals surface area contributed by atoms with E-state index in [4.69, 9.17) is 14.9 Å². The molecule has 2 aliphatic carbocycles. The summed E-state index contributed by atoms with van der Waals surface area (Å²) in [6.07, 6.45) is 5.18. The molecule has 1 spiro atoms. The smallest absolute Gasteiger partial charge is 0.165 e. The fraction of sp³-hybridized carbons (Fsp3) is 0.579. The van der Waals surface area contributed by atoms with Crippen molar-refractivity contribution in [2.24, 2.45) is 5.92 Å².